The van der Waals surface area contributed by atoms with Crippen LogP contribution in [-0.2, 0) is 28.6 Å². The Morgan fingerprint density at radius 1 is 0.306 bits per heavy atom. The van der Waals surface area contributed by atoms with Gasteiger partial charge in [-0.05, 0) is 25.2 Å². The largest absolute Gasteiger partial charge is 0.462 e. The van der Waals surface area contributed by atoms with Crippen LogP contribution >= 0.6 is 0 Å². The van der Waals surface area contributed by atoms with Gasteiger partial charge in [0.25, 0.3) is 0 Å². The second-order valence-corrected chi connectivity index (χ2v) is 19.7. The molecule has 0 aromatic heterocycles. The Morgan fingerprint density at radius 3 is 0.790 bits per heavy atom. The summed E-state index contributed by atoms with van der Waals surface area (Å²) in [6, 6.07) is 0. The molecule has 0 bridgehead atoms. The van der Waals surface area contributed by atoms with Crippen LogP contribution < -0.4 is 0 Å². The summed E-state index contributed by atoms with van der Waals surface area (Å²) < 4.78 is 16.9. The van der Waals surface area contributed by atoms with Crippen molar-refractivity contribution >= 4 is 17.9 Å². The third-order valence-electron chi connectivity index (χ3n) is 12.8. The minimum atomic E-state index is -0.761. The molecule has 0 fully saturated rings. The molecule has 0 aromatic rings. The summed E-state index contributed by atoms with van der Waals surface area (Å²) in [5.74, 6) is 0.00682. The molecule has 1 atom stereocenters. The summed E-state index contributed by atoms with van der Waals surface area (Å²) in [7, 11) is 0. The van der Waals surface area contributed by atoms with Crippen molar-refractivity contribution in [1.82, 2.24) is 0 Å². The summed E-state index contributed by atoms with van der Waals surface area (Å²) >= 11 is 0. The zero-order chi connectivity index (χ0) is 45.2. The van der Waals surface area contributed by atoms with Gasteiger partial charge in [0.2, 0.25) is 0 Å². The third-order valence-corrected chi connectivity index (χ3v) is 12.8. The van der Waals surface area contributed by atoms with E-state index in [4.69, 9.17) is 14.2 Å². The molecule has 0 saturated carbocycles. The van der Waals surface area contributed by atoms with E-state index in [2.05, 4.69) is 27.7 Å². The normalized spacial score (nSPS) is 12.0. The summed E-state index contributed by atoms with van der Waals surface area (Å²) in [5.41, 5.74) is 0. The van der Waals surface area contributed by atoms with Crippen molar-refractivity contribution in [2.24, 2.45) is 5.92 Å². The van der Waals surface area contributed by atoms with Gasteiger partial charge in [0, 0.05) is 19.3 Å². The molecule has 0 aliphatic carbocycles. The number of ether oxygens (including phenoxy) is 3. The van der Waals surface area contributed by atoms with Crippen LogP contribution in [0.25, 0.3) is 0 Å². The van der Waals surface area contributed by atoms with E-state index < -0.39 is 6.10 Å². The van der Waals surface area contributed by atoms with Gasteiger partial charge in [0.1, 0.15) is 13.2 Å². The minimum absolute atomic E-state index is 0.0620. The standard InChI is InChI=1S/C56H108O6/c1-5-7-9-11-13-15-17-19-20-24-28-31-35-39-43-47-54(57)60-50-53(62-56(59)49-45-41-37-33-27-18-16-14-12-10-8-6-2)51-61-55(58)48-44-40-36-32-29-25-22-21-23-26-30-34-38-42-46-52(3)4/h52-53H,5-51H2,1-4H3/t53-/m0/s1. The lowest BCUT2D eigenvalue weighted by Gasteiger charge is -2.18. The average molecular weight is 877 g/mol. The molecule has 0 saturated heterocycles. The Balaban J connectivity index is 4.27. The molecule has 368 valence electrons. The molecule has 0 aromatic carbocycles. The van der Waals surface area contributed by atoms with E-state index in [0.29, 0.717) is 19.3 Å². The maximum atomic E-state index is 12.8. The van der Waals surface area contributed by atoms with Crippen molar-refractivity contribution in [3.8, 4) is 0 Å². The number of hydrogen-bond acceptors (Lipinski definition) is 6. The third kappa shape index (κ3) is 49.4. The number of hydrogen-bond donors (Lipinski definition) is 0. The molecule has 0 amide bonds. The van der Waals surface area contributed by atoms with Gasteiger partial charge < -0.3 is 14.2 Å². The first-order valence-corrected chi connectivity index (χ1v) is 27.9. The monoisotopic (exact) mass is 877 g/mol. The SMILES string of the molecule is CCCCCCCCCCCCCCCCCC(=O)OC[C@@H](COC(=O)CCCCCCCCCCCCCCCCC(C)C)OC(=O)CCCCCCCCCCCCCC. The van der Waals surface area contributed by atoms with Crippen LogP contribution in [0.15, 0.2) is 0 Å². The smallest absolute Gasteiger partial charge is 0.306 e. The summed E-state index contributed by atoms with van der Waals surface area (Å²) in [6.07, 6.45) is 53.7. The lowest BCUT2D eigenvalue weighted by Crippen LogP contribution is -2.30. The zero-order valence-corrected chi connectivity index (χ0v) is 42.3. The van der Waals surface area contributed by atoms with Gasteiger partial charge in [-0.1, -0.05) is 278 Å². The number of unbranched alkanes of at least 4 members (excludes halogenated alkanes) is 38. The van der Waals surface area contributed by atoms with Gasteiger partial charge in [-0.2, -0.15) is 0 Å². The van der Waals surface area contributed by atoms with Gasteiger partial charge in [0.15, 0.2) is 6.10 Å². The van der Waals surface area contributed by atoms with E-state index in [1.54, 1.807) is 0 Å². The number of carbonyl (C=O) groups excluding carboxylic acids is 3. The quantitative estimate of drug-likeness (QED) is 0.0344. The molecule has 0 heterocycles. The molecule has 0 rings (SSSR count). The van der Waals surface area contributed by atoms with E-state index in [0.717, 1.165) is 63.7 Å². The van der Waals surface area contributed by atoms with Gasteiger partial charge >= 0.3 is 17.9 Å². The lowest BCUT2D eigenvalue weighted by atomic mass is 10.0. The first-order chi connectivity index (χ1) is 30.4. The minimum Gasteiger partial charge on any atom is -0.462 e. The van der Waals surface area contributed by atoms with E-state index >= 15 is 0 Å². The average Bonchev–Trinajstić information content (AvgIpc) is 3.26. The second kappa shape index (κ2) is 50.4. The Kier molecular flexibility index (Phi) is 49.1. The summed E-state index contributed by atoms with van der Waals surface area (Å²) in [6.45, 7) is 9.05. The fraction of sp³-hybridized carbons (Fsp3) is 0.946. The molecule has 0 aliphatic heterocycles. The first kappa shape index (κ1) is 60.4. The van der Waals surface area contributed by atoms with E-state index in [1.165, 1.54) is 212 Å². The lowest BCUT2D eigenvalue weighted by molar-refractivity contribution is -0.167. The summed E-state index contributed by atoms with van der Waals surface area (Å²) in [4.78, 5) is 38.0. The Hall–Kier alpha value is -1.59. The molecule has 0 unspecified atom stereocenters. The van der Waals surface area contributed by atoms with Crippen LogP contribution in [0.5, 0.6) is 0 Å². The van der Waals surface area contributed by atoms with Crippen LogP contribution in [-0.4, -0.2) is 37.2 Å². The van der Waals surface area contributed by atoms with E-state index in [1.807, 2.05) is 0 Å². The Bertz CT molecular complexity index is 933. The molecule has 6 heteroatoms. The Labute approximate surface area is 387 Å². The summed E-state index contributed by atoms with van der Waals surface area (Å²) in [5, 5.41) is 0. The highest BCUT2D eigenvalue weighted by Gasteiger charge is 2.19. The predicted molar refractivity (Wildman–Crippen MR) is 266 cm³/mol. The molecular formula is C56H108O6. The van der Waals surface area contributed by atoms with Crippen molar-refractivity contribution in [1.29, 1.82) is 0 Å². The molecular weight excluding hydrogens is 769 g/mol. The molecule has 0 spiro atoms. The topological polar surface area (TPSA) is 78.9 Å². The highest BCUT2D eigenvalue weighted by molar-refractivity contribution is 5.71. The van der Waals surface area contributed by atoms with Crippen molar-refractivity contribution in [2.75, 3.05) is 13.2 Å². The van der Waals surface area contributed by atoms with Crippen LogP contribution in [0.4, 0.5) is 0 Å². The number of esters is 3. The van der Waals surface area contributed by atoms with Crippen LogP contribution in [0.3, 0.4) is 0 Å². The molecule has 0 N–H and O–H groups in total. The van der Waals surface area contributed by atoms with Gasteiger partial charge in [-0.3, -0.25) is 14.4 Å². The molecule has 62 heavy (non-hydrogen) atoms. The number of carbonyl (C=O) groups is 3. The van der Waals surface area contributed by atoms with Crippen LogP contribution in [0.1, 0.15) is 317 Å². The molecule has 0 aliphatic rings. The first-order valence-electron chi connectivity index (χ1n) is 27.9. The molecule has 6 nitrogen and oxygen atoms in total. The fourth-order valence-corrected chi connectivity index (χ4v) is 8.57. The van der Waals surface area contributed by atoms with Crippen molar-refractivity contribution in [3.05, 3.63) is 0 Å². The highest BCUT2D eigenvalue weighted by Crippen LogP contribution is 2.18. The van der Waals surface area contributed by atoms with Crippen molar-refractivity contribution < 1.29 is 28.6 Å². The Morgan fingerprint density at radius 2 is 0.532 bits per heavy atom. The van der Waals surface area contributed by atoms with Crippen LogP contribution in [0.2, 0.25) is 0 Å². The van der Waals surface area contributed by atoms with Crippen molar-refractivity contribution in [2.45, 2.75) is 323 Å². The van der Waals surface area contributed by atoms with Crippen molar-refractivity contribution in [3.63, 3.8) is 0 Å². The van der Waals surface area contributed by atoms with Gasteiger partial charge in [-0.15, -0.1) is 0 Å². The highest BCUT2D eigenvalue weighted by atomic mass is 16.6. The second-order valence-electron chi connectivity index (χ2n) is 19.7. The van der Waals surface area contributed by atoms with Crippen LogP contribution in [0, 0.1) is 5.92 Å². The predicted octanol–water partition coefficient (Wildman–Crippen LogP) is 18.2. The van der Waals surface area contributed by atoms with E-state index in [9.17, 15) is 14.4 Å². The zero-order valence-electron chi connectivity index (χ0n) is 42.3. The fourth-order valence-electron chi connectivity index (χ4n) is 8.57. The molecule has 0 radical (unpaired) electrons. The number of rotatable bonds is 51. The van der Waals surface area contributed by atoms with Gasteiger partial charge in [0.05, 0.1) is 0 Å². The maximum Gasteiger partial charge on any atom is 0.306 e. The maximum absolute atomic E-state index is 12.8. The van der Waals surface area contributed by atoms with E-state index in [-0.39, 0.29) is 31.1 Å². The van der Waals surface area contributed by atoms with Gasteiger partial charge in [-0.25, -0.2) is 0 Å².